The molecule has 1 heterocycles. The zero-order valence-electron chi connectivity index (χ0n) is 11.0. The standard InChI is InChI=1S/C14H17BrN2O2/c1-9(17-8-7-16-14(19)10(17)2)13(18)11-3-5-12(15)6-4-11/h3-6,9-10H,7-8H2,1-2H3,(H,16,19). The van der Waals surface area contributed by atoms with Crippen LogP contribution in [0.3, 0.4) is 0 Å². The summed E-state index contributed by atoms with van der Waals surface area (Å²) < 4.78 is 0.947. The largest absolute Gasteiger partial charge is 0.353 e. The molecule has 1 saturated heterocycles. The van der Waals surface area contributed by atoms with Crippen LogP contribution in [0.4, 0.5) is 0 Å². The molecule has 0 saturated carbocycles. The van der Waals surface area contributed by atoms with E-state index in [1.165, 1.54) is 0 Å². The molecular weight excluding hydrogens is 308 g/mol. The van der Waals surface area contributed by atoms with Crippen LogP contribution in [0.1, 0.15) is 24.2 Å². The lowest BCUT2D eigenvalue weighted by molar-refractivity contribution is -0.128. The number of Topliss-reactive ketones (excluding diaryl/α,β-unsaturated/α-hetero) is 1. The second kappa shape index (κ2) is 5.84. The smallest absolute Gasteiger partial charge is 0.237 e. The summed E-state index contributed by atoms with van der Waals surface area (Å²) in [4.78, 5) is 26.0. The van der Waals surface area contributed by atoms with Gasteiger partial charge < -0.3 is 5.32 Å². The van der Waals surface area contributed by atoms with Crippen molar-refractivity contribution in [2.45, 2.75) is 25.9 Å². The molecule has 2 unspecified atom stereocenters. The fraction of sp³-hybridized carbons (Fsp3) is 0.429. The van der Waals surface area contributed by atoms with Crippen LogP contribution in [0.5, 0.6) is 0 Å². The number of rotatable bonds is 3. The highest BCUT2D eigenvalue weighted by Gasteiger charge is 2.32. The first kappa shape index (κ1) is 14.2. The zero-order valence-corrected chi connectivity index (χ0v) is 12.6. The Bertz CT molecular complexity index is 487. The van der Waals surface area contributed by atoms with E-state index in [1.807, 2.05) is 30.9 Å². The number of amides is 1. The van der Waals surface area contributed by atoms with Crippen LogP contribution in [0.2, 0.25) is 0 Å². The van der Waals surface area contributed by atoms with Crippen molar-refractivity contribution < 1.29 is 9.59 Å². The normalized spacial score (nSPS) is 21.8. The molecular formula is C14H17BrN2O2. The van der Waals surface area contributed by atoms with E-state index in [-0.39, 0.29) is 23.8 Å². The number of carbonyl (C=O) groups is 2. The minimum absolute atomic E-state index is 0.0123. The second-order valence-electron chi connectivity index (χ2n) is 4.75. The Morgan fingerprint density at radius 2 is 2.05 bits per heavy atom. The molecule has 0 aliphatic carbocycles. The highest BCUT2D eigenvalue weighted by Crippen LogP contribution is 2.16. The van der Waals surface area contributed by atoms with Crippen molar-refractivity contribution in [3.8, 4) is 0 Å². The monoisotopic (exact) mass is 324 g/mol. The van der Waals surface area contributed by atoms with Gasteiger partial charge in [-0.2, -0.15) is 0 Å². The van der Waals surface area contributed by atoms with Crippen LogP contribution < -0.4 is 5.32 Å². The number of piperazine rings is 1. The van der Waals surface area contributed by atoms with E-state index in [0.29, 0.717) is 18.7 Å². The molecule has 0 radical (unpaired) electrons. The third-order valence-corrected chi connectivity index (χ3v) is 4.08. The summed E-state index contributed by atoms with van der Waals surface area (Å²) in [7, 11) is 0. The fourth-order valence-corrected chi connectivity index (χ4v) is 2.60. The average Bonchev–Trinajstić information content (AvgIpc) is 2.41. The Balaban J connectivity index is 2.14. The number of nitrogens with one attached hydrogen (secondary N) is 1. The van der Waals surface area contributed by atoms with Crippen LogP contribution in [0.25, 0.3) is 0 Å². The molecule has 0 bridgehead atoms. The fourth-order valence-electron chi connectivity index (χ4n) is 2.34. The SMILES string of the molecule is CC1C(=O)NCCN1C(C)C(=O)c1ccc(Br)cc1. The van der Waals surface area contributed by atoms with Crippen LogP contribution >= 0.6 is 15.9 Å². The minimum atomic E-state index is -0.290. The number of halogens is 1. The summed E-state index contributed by atoms with van der Waals surface area (Å²) in [5.41, 5.74) is 0.675. The molecule has 1 aliphatic rings. The molecule has 1 aliphatic heterocycles. The van der Waals surface area contributed by atoms with Crippen molar-refractivity contribution in [2.75, 3.05) is 13.1 Å². The summed E-state index contributed by atoms with van der Waals surface area (Å²) in [6.45, 7) is 5.00. The Kier molecular flexibility index (Phi) is 4.37. The van der Waals surface area contributed by atoms with Gasteiger partial charge in [-0.15, -0.1) is 0 Å². The van der Waals surface area contributed by atoms with Crippen LogP contribution in [-0.2, 0) is 4.79 Å². The first-order chi connectivity index (χ1) is 9.00. The third kappa shape index (κ3) is 3.04. The first-order valence-corrected chi connectivity index (χ1v) is 7.13. The molecule has 1 aromatic carbocycles. The van der Waals surface area contributed by atoms with Crippen molar-refractivity contribution in [2.24, 2.45) is 0 Å². The third-order valence-electron chi connectivity index (χ3n) is 3.55. The molecule has 2 rings (SSSR count). The van der Waals surface area contributed by atoms with E-state index in [4.69, 9.17) is 0 Å². The molecule has 19 heavy (non-hydrogen) atoms. The van der Waals surface area contributed by atoms with Crippen LogP contribution in [0, 0.1) is 0 Å². The minimum Gasteiger partial charge on any atom is -0.353 e. The maximum Gasteiger partial charge on any atom is 0.237 e. The molecule has 5 heteroatoms. The van der Waals surface area contributed by atoms with Gasteiger partial charge in [0.1, 0.15) is 0 Å². The topological polar surface area (TPSA) is 49.4 Å². The molecule has 1 aromatic rings. The van der Waals surface area contributed by atoms with Crippen LogP contribution in [-0.4, -0.2) is 41.8 Å². The van der Waals surface area contributed by atoms with Gasteiger partial charge in [-0.05, 0) is 26.0 Å². The summed E-state index contributed by atoms with van der Waals surface area (Å²) in [5.74, 6) is 0.0377. The number of nitrogens with zero attached hydrogens (tertiary/aromatic N) is 1. The quantitative estimate of drug-likeness (QED) is 0.863. The zero-order chi connectivity index (χ0) is 14.0. The van der Waals surface area contributed by atoms with Gasteiger partial charge in [0, 0.05) is 23.1 Å². The van der Waals surface area contributed by atoms with Gasteiger partial charge in [0.15, 0.2) is 5.78 Å². The van der Waals surface area contributed by atoms with Crippen LogP contribution in [0.15, 0.2) is 28.7 Å². The summed E-state index contributed by atoms with van der Waals surface area (Å²) >= 11 is 3.35. The van der Waals surface area contributed by atoms with Crippen molar-refractivity contribution in [1.82, 2.24) is 10.2 Å². The molecule has 1 fully saturated rings. The Labute approximate surface area is 121 Å². The number of hydrogen-bond acceptors (Lipinski definition) is 3. The van der Waals surface area contributed by atoms with E-state index in [9.17, 15) is 9.59 Å². The van der Waals surface area contributed by atoms with Gasteiger partial charge >= 0.3 is 0 Å². The van der Waals surface area contributed by atoms with E-state index in [1.54, 1.807) is 12.1 Å². The van der Waals surface area contributed by atoms with Gasteiger partial charge in [-0.3, -0.25) is 14.5 Å². The maximum absolute atomic E-state index is 12.4. The van der Waals surface area contributed by atoms with Gasteiger partial charge in [-0.1, -0.05) is 28.1 Å². The van der Waals surface area contributed by atoms with E-state index < -0.39 is 0 Å². The van der Waals surface area contributed by atoms with Crippen molar-refractivity contribution in [3.05, 3.63) is 34.3 Å². The Morgan fingerprint density at radius 3 is 2.68 bits per heavy atom. The first-order valence-electron chi connectivity index (χ1n) is 6.34. The molecule has 2 atom stereocenters. The summed E-state index contributed by atoms with van der Waals surface area (Å²) in [6.07, 6.45) is 0. The van der Waals surface area contributed by atoms with Crippen molar-refractivity contribution >= 4 is 27.6 Å². The predicted molar refractivity (Wildman–Crippen MR) is 77.1 cm³/mol. The molecule has 102 valence electrons. The van der Waals surface area contributed by atoms with Gasteiger partial charge in [0.05, 0.1) is 12.1 Å². The lowest BCUT2D eigenvalue weighted by atomic mass is 10.0. The Morgan fingerprint density at radius 1 is 1.42 bits per heavy atom. The molecule has 0 spiro atoms. The molecule has 4 nitrogen and oxygen atoms in total. The average molecular weight is 325 g/mol. The lowest BCUT2D eigenvalue weighted by Gasteiger charge is -2.36. The lowest BCUT2D eigenvalue weighted by Crippen LogP contribution is -2.58. The van der Waals surface area contributed by atoms with Gasteiger partial charge in [-0.25, -0.2) is 0 Å². The molecule has 1 amide bonds. The summed E-state index contributed by atoms with van der Waals surface area (Å²) in [6, 6.07) is 6.76. The maximum atomic E-state index is 12.4. The van der Waals surface area contributed by atoms with Crippen molar-refractivity contribution in [3.63, 3.8) is 0 Å². The number of benzene rings is 1. The van der Waals surface area contributed by atoms with E-state index in [0.717, 1.165) is 4.47 Å². The van der Waals surface area contributed by atoms with Gasteiger partial charge in [0.25, 0.3) is 0 Å². The van der Waals surface area contributed by atoms with Gasteiger partial charge in [0.2, 0.25) is 5.91 Å². The van der Waals surface area contributed by atoms with Crippen molar-refractivity contribution in [1.29, 1.82) is 0 Å². The Hall–Kier alpha value is -1.20. The van der Waals surface area contributed by atoms with E-state index >= 15 is 0 Å². The highest BCUT2D eigenvalue weighted by atomic mass is 79.9. The van der Waals surface area contributed by atoms with E-state index in [2.05, 4.69) is 21.2 Å². The predicted octanol–water partition coefficient (Wildman–Crippen LogP) is 1.84. The highest BCUT2D eigenvalue weighted by molar-refractivity contribution is 9.10. The molecule has 1 N–H and O–H groups in total. The molecule has 0 aromatic heterocycles. The number of ketones is 1. The number of hydrogen-bond donors (Lipinski definition) is 1. The summed E-state index contributed by atoms with van der Waals surface area (Å²) in [5, 5.41) is 2.80. The number of carbonyl (C=O) groups excluding carboxylic acids is 2. The second-order valence-corrected chi connectivity index (χ2v) is 5.67.